The van der Waals surface area contributed by atoms with Crippen molar-refractivity contribution in [3.8, 4) is 0 Å². The predicted molar refractivity (Wildman–Crippen MR) is 115 cm³/mol. The number of nitrogens with zero attached hydrogens (tertiary/aromatic N) is 2. The average molecular weight is 388 g/mol. The van der Waals surface area contributed by atoms with Crippen LogP contribution in [0.5, 0.6) is 0 Å². The molecule has 0 saturated carbocycles. The molecule has 1 amide bonds. The number of aryl methyl sites for hydroxylation is 1. The topological polar surface area (TPSA) is 66.9 Å². The number of thiophene rings is 1. The molecule has 28 heavy (non-hydrogen) atoms. The van der Waals surface area contributed by atoms with Gasteiger partial charge >= 0.3 is 0 Å². The Balaban J connectivity index is 1.68. The van der Waals surface area contributed by atoms with Gasteiger partial charge in [0.05, 0.1) is 5.39 Å². The lowest BCUT2D eigenvalue weighted by molar-refractivity contribution is -0.117. The van der Waals surface area contributed by atoms with Crippen LogP contribution in [0.15, 0.2) is 73.1 Å². The molecule has 0 bridgehead atoms. The summed E-state index contributed by atoms with van der Waals surface area (Å²) in [5, 5.41) is 7.26. The third-order valence-electron chi connectivity index (χ3n) is 4.45. The van der Waals surface area contributed by atoms with E-state index in [0.717, 1.165) is 27.9 Å². The van der Waals surface area contributed by atoms with E-state index in [1.807, 2.05) is 60.7 Å². The summed E-state index contributed by atoms with van der Waals surface area (Å²) in [6.45, 7) is 2.12. The Labute approximate surface area is 167 Å². The summed E-state index contributed by atoms with van der Waals surface area (Å²) in [4.78, 5) is 24.0. The minimum absolute atomic E-state index is 0.143. The molecule has 0 spiro atoms. The maximum Gasteiger partial charge on any atom is 0.251 e. The molecule has 1 atom stereocenters. The summed E-state index contributed by atoms with van der Waals surface area (Å²) >= 11 is 1.65. The van der Waals surface area contributed by atoms with Gasteiger partial charge in [0, 0.05) is 10.6 Å². The molecule has 140 valence electrons. The number of amides is 1. The van der Waals surface area contributed by atoms with E-state index in [0.29, 0.717) is 5.82 Å². The first-order valence-electron chi connectivity index (χ1n) is 9.15. The zero-order valence-corrected chi connectivity index (χ0v) is 16.2. The monoisotopic (exact) mass is 388 g/mol. The molecule has 4 rings (SSSR count). The summed E-state index contributed by atoms with van der Waals surface area (Å²) in [6, 6.07) is 20.6. The molecule has 2 heterocycles. The first-order valence-corrected chi connectivity index (χ1v) is 9.97. The van der Waals surface area contributed by atoms with Crippen LogP contribution in [-0.4, -0.2) is 15.9 Å². The molecule has 5 nitrogen and oxygen atoms in total. The van der Waals surface area contributed by atoms with E-state index >= 15 is 0 Å². The largest absolute Gasteiger partial charge is 0.354 e. The molecule has 0 aliphatic carbocycles. The third-order valence-corrected chi connectivity index (χ3v) is 5.63. The lowest BCUT2D eigenvalue weighted by Crippen LogP contribution is -2.27. The smallest absolute Gasteiger partial charge is 0.251 e. The number of benzene rings is 2. The van der Waals surface area contributed by atoms with E-state index in [2.05, 4.69) is 33.6 Å². The van der Waals surface area contributed by atoms with Gasteiger partial charge in [-0.15, -0.1) is 11.3 Å². The van der Waals surface area contributed by atoms with Crippen molar-refractivity contribution in [2.75, 3.05) is 10.6 Å². The lowest BCUT2D eigenvalue weighted by atomic mass is 10.1. The van der Waals surface area contributed by atoms with Gasteiger partial charge in [-0.25, -0.2) is 9.97 Å². The van der Waals surface area contributed by atoms with Gasteiger partial charge < -0.3 is 10.6 Å². The van der Waals surface area contributed by atoms with E-state index in [9.17, 15) is 4.79 Å². The van der Waals surface area contributed by atoms with Gasteiger partial charge in [-0.1, -0.05) is 55.5 Å². The minimum atomic E-state index is -0.579. The second kappa shape index (κ2) is 8.19. The molecule has 0 radical (unpaired) electrons. The number of nitrogens with one attached hydrogen (secondary N) is 2. The number of carbonyl (C=O) groups excluding carboxylic acids is 1. The Morgan fingerprint density at radius 3 is 2.46 bits per heavy atom. The van der Waals surface area contributed by atoms with E-state index in [-0.39, 0.29) is 5.91 Å². The van der Waals surface area contributed by atoms with E-state index in [1.54, 1.807) is 11.3 Å². The highest BCUT2D eigenvalue weighted by Crippen LogP contribution is 2.31. The van der Waals surface area contributed by atoms with Crippen LogP contribution < -0.4 is 10.6 Å². The summed E-state index contributed by atoms with van der Waals surface area (Å²) in [7, 11) is 0. The van der Waals surface area contributed by atoms with Crippen LogP contribution in [0.2, 0.25) is 0 Å². The molecule has 2 aromatic heterocycles. The van der Waals surface area contributed by atoms with Crippen molar-refractivity contribution >= 4 is 39.0 Å². The molecule has 6 heteroatoms. The maximum atomic E-state index is 13.1. The molecule has 0 unspecified atom stereocenters. The first-order chi connectivity index (χ1) is 13.7. The van der Waals surface area contributed by atoms with Gasteiger partial charge in [0.25, 0.3) is 5.91 Å². The number of para-hydroxylation sites is 1. The van der Waals surface area contributed by atoms with Crippen molar-refractivity contribution < 1.29 is 4.79 Å². The molecule has 0 aliphatic heterocycles. The fourth-order valence-corrected chi connectivity index (χ4v) is 3.95. The standard InChI is InChI=1S/C22H20N4OS/c1-2-17-13-18-20(23-14-24-22(18)28-17)26-19(15-9-5-3-6-10-15)21(27)25-16-11-7-4-8-12-16/h3-14,19H,2H2,1H3,(H,25,27)(H,23,24,26)/t19-/m0/s1. The number of aromatic nitrogens is 2. The predicted octanol–water partition coefficient (Wildman–Crippen LogP) is 5.05. The average Bonchev–Trinajstić information content (AvgIpc) is 3.17. The van der Waals surface area contributed by atoms with Gasteiger partial charge in [0.1, 0.15) is 23.0 Å². The molecule has 4 aromatic rings. The molecule has 2 N–H and O–H groups in total. The zero-order chi connectivity index (χ0) is 19.3. The fourth-order valence-electron chi connectivity index (χ4n) is 3.01. The van der Waals surface area contributed by atoms with Crippen molar-refractivity contribution in [1.29, 1.82) is 0 Å². The second-order valence-electron chi connectivity index (χ2n) is 6.35. The Kier molecular flexibility index (Phi) is 5.30. The normalized spacial score (nSPS) is 11.9. The Hall–Kier alpha value is -3.25. The van der Waals surface area contributed by atoms with Crippen molar-refractivity contribution in [2.24, 2.45) is 0 Å². The Morgan fingerprint density at radius 2 is 1.75 bits per heavy atom. The molecular formula is C22H20N4OS. The molecule has 0 fully saturated rings. The van der Waals surface area contributed by atoms with Crippen LogP contribution in [-0.2, 0) is 11.2 Å². The molecular weight excluding hydrogens is 368 g/mol. The molecule has 2 aromatic carbocycles. The fraction of sp³-hybridized carbons (Fsp3) is 0.136. The second-order valence-corrected chi connectivity index (χ2v) is 7.47. The van der Waals surface area contributed by atoms with Crippen molar-refractivity contribution in [3.05, 3.63) is 83.5 Å². The summed E-state index contributed by atoms with van der Waals surface area (Å²) in [5.74, 6) is 0.521. The maximum absolute atomic E-state index is 13.1. The van der Waals surface area contributed by atoms with Crippen LogP contribution >= 0.6 is 11.3 Å². The lowest BCUT2D eigenvalue weighted by Gasteiger charge is -2.20. The number of fused-ring (bicyclic) bond motifs is 1. The highest BCUT2D eigenvalue weighted by Gasteiger charge is 2.22. The highest BCUT2D eigenvalue weighted by atomic mass is 32.1. The van der Waals surface area contributed by atoms with Crippen molar-refractivity contribution in [3.63, 3.8) is 0 Å². The van der Waals surface area contributed by atoms with Gasteiger partial charge in [-0.3, -0.25) is 4.79 Å². The zero-order valence-electron chi connectivity index (χ0n) is 15.4. The van der Waals surface area contributed by atoms with Gasteiger partial charge in [-0.05, 0) is 30.2 Å². The number of anilines is 2. The van der Waals surface area contributed by atoms with Gasteiger partial charge in [-0.2, -0.15) is 0 Å². The first kappa shape index (κ1) is 18.1. The SMILES string of the molecule is CCc1cc2c(N[C@H](C(=O)Nc3ccccc3)c3ccccc3)ncnc2s1. The third kappa shape index (κ3) is 3.87. The van der Waals surface area contributed by atoms with E-state index < -0.39 is 6.04 Å². The van der Waals surface area contributed by atoms with Crippen LogP contribution in [0.4, 0.5) is 11.5 Å². The van der Waals surface area contributed by atoms with E-state index in [1.165, 1.54) is 11.2 Å². The van der Waals surface area contributed by atoms with Crippen molar-refractivity contribution in [2.45, 2.75) is 19.4 Å². The minimum Gasteiger partial charge on any atom is -0.354 e. The van der Waals surface area contributed by atoms with Crippen LogP contribution in [0.1, 0.15) is 23.4 Å². The summed E-state index contributed by atoms with van der Waals surface area (Å²) in [5.41, 5.74) is 1.63. The summed E-state index contributed by atoms with van der Waals surface area (Å²) in [6.07, 6.45) is 2.48. The van der Waals surface area contributed by atoms with E-state index in [4.69, 9.17) is 0 Å². The molecule has 0 saturated heterocycles. The van der Waals surface area contributed by atoms with Crippen LogP contribution in [0.25, 0.3) is 10.2 Å². The van der Waals surface area contributed by atoms with Crippen molar-refractivity contribution in [1.82, 2.24) is 9.97 Å². The number of hydrogen-bond acceptors (Lipinski definition) is 5. The number of carbonyl (C=O) groups is 1. The Bertz CT molecular complexity index is 1080. The highest BCUT2D eigenvalue weighted by molar-refractivity contribution is 7.18. The quantitative estimate of drug-likeness (QED) is 0.485. The van der Waals surface area contributed by atoms with Gasteiger partial charge in [0.2, 0.25) is 0 Å². The Morgan fingerprint density at radius 1 is 1.04 bits per heavy atom. The molecule has 0 aliphatic rings. The number of hydrogen-bond donors (Lipinski definition) is 2. The van der Waals surface area contributed by atoms with Gasteiger partial charge in [0.15, 0.2) is 0 Å². The van der Waals surface area contributed by atoms with Crippen LogP contribution in [0.3, 0.4) is 0 Å². The number of rotatable bonds is 6. The van der Waals surface area contributed by atoms with Crippen LogP contribution in [0, 0.1) is 0 Å². The summed E-state index contributed by atoms with van der Waals surface area (Å²) < 4.78 is 0.